The van der Waals surface area contributed by atoms with Crippen molar-refractivity contribution in [3.05, 3.63) is 83.5 Å². The van der Waals surface area contributed by atoms with Crippen molar-refractivity contribution < 1.29 is 39.8 Å². The number of nitrogens with one attached hydrogen (secondary N) is 2. The normalized spacial score (nSPS) is 12.8. The first kappa shape index (κ1) is 21.6. The van der Waals surface area contributed by atoms with E-state index in [1.54, 1.807) is 18.2 Å². The number of nitrogens with zero attached hydrogens (tertiary/aromatic N) is 2. The fourth-order valence-corrected chi connectivity index (χ4v) is 3.01. The van der Waals surface area contributed by atoms with Gasteiger partial charge in [0.25, 0.3) is 0 Å². The molecule has 8 bridgehead atoms. The predicted molar refractivity (Wildman–Crippen MR) is 105 cm³/mol. The summed E-state index contributed by atoms with van der Waals surface area (Å²) in [6, 6.07) is 15.2. The average Bonchev–Trinajstić information content (AvgIpc) is 3.47. The molecule has 32 heavy (non-hydrogen) atoms. The van der Waals surface area contributed by atoms with Crippen LogP contribution in [0.25, 0.3) is 33.9 Å². The number of halogens is 3. The fraction of sp³-hybridized carbons (Fsp3) is 0.0455. The molecule has 0 spiro atoms. The monoisotopic (exact) mass is 475 g/mol. The van der Waals surface area contributed by atoms with Gasteiger partial charge in [0.1, 0.15) is 0 Å². The Morgan fingerprint density at radius 3 is 2.19 bits per heavy atom. The van der Waals surface area contributed by atoms with Gasteiger partial charge in [0.2, 0.25) is 0 Å². The van der Waals surface area contributed by atoms with Crippen LogP contribution in [0.4, 0.5) is 13.2 Å². The van der Waals surface area contributed by atoms with Gasteiger partial charge in [-0.25, -0.2) is 16.2 Å². The van der Waals surface area contributed by atoms with Crippen molar-refractivity contribution in [3.63, 3.8) is 0 Å². The summed E-state index contributed by atoms with van der Waals surface area (Å²) in [6.45, 7) is 0. The van der Waals surface area contributed by atoms with Crippen molar-refractivity contribution in [2.24, 2.45) is 0 Å². The second kappa shape index (κ2) is 8.14. The molecule has 5 heterocycles. The molecule has 0 aliphatic carbocycles. The second-order valence-electron chi connectivity index (χ2n) is 6.66. The number of hydrogen-bond donors (Lipinski definition) is 2. The first-order chi connectivity index (χ1) is 14.8. The van der Waals surface area contributed by atoms with Crippen LogP contribution in [0.15, 0.2) is 42.5 Å². The molecular formula is C22H10F3FeN4O2. The van der Waals surface area contributed by atoms with Crippen LogP contribution in [0, 0.1) is 18.2 Å². The topological polar surface area (TPSA) is 83.7 Å². The zero-order valence-corrected chi connectivity index (χ0v) is 16.9. The van der Waals surface area contributed by atoms with Crippen LogP contribution in [-0.4, -0.2) is 32.1 Å². The van der Waals surface area contributed by atoms with E-state index in [9.17, 15) is 18.0 Å². The van der Waals surface area contributed by atoms with Gasteiger partial charge in [0.05, 0.1) is 0 Å². The molecule has 1 radical (unpaired) electrons. The van der Waals surface area contributed by atoms with E-state index in [-0.39, 0.29) is 34.2 Å². The molecule has 0 saturated carbocycles. The Bertz CT molecular complexity index is 1430. The molecule has 0 aromatic carbocycles. The molecule has 5 rings (SSSR count). The van der Waals surface area contributed by atoms with E-state index in [2.05, 4.69) is 42.9 Å². The van der Waals surface area contributed by atoms with E-state index < -0.39 is 17.9 Å². The van der Waals surface area contributed by atoms with Crippen molar-refractivity contribution in [3.8, 4) is 0 Å². The van der Waals surface area contributed by atoms with Crippen molar-refractivity contribution >= 4 is 39.9 Å². The minimum absolute atomic E-state index is 0. The molecule has 6 nitrogen and oxygen atoms in total. The molecule has 0 atom stereocenters. The molecule has 2 aliphatic rings. The van der Waals surface area contributed by atoms with Gasteiger partial charge in [0.15, 0.2) is 0 Å². The van der Waals surface area contributed by atoms with Crippen LogP contribution < -0.4 is 0 Å². The van der Waals surface area contributed by atoms with Crippen molar-refractivity contribution in [1.82, 2.24) is 19.9 Å². The second-order valence-corrected chi connectivity index (χ2v) is 6.66. The third-order valence-electron chi connectivity index (χ3n) is 4.33. The van der Waals surface area contributed by atoms with Crippen LogP contribution >= 0.6 is 0 Å². The fourth-order valence-electron chi connectivity index (χ4n) is 3.01. The van der Waals surface area contributed by atoms with Gasteiger partial charge in [-0.15, -0.1) is 23.5 Å². The molecule has 3 aromatic heterocycles. The number of hydrogen-bond acceptors (Lipinski definition) is 4. The van der Waals surface area contributed by atoms with Crippen LogP contribution in [0.1, 0.15) is 22.8 Å². The first-order valence-corrected chi connectivity index (χ1v) is 8.95. The predicted octanol–water partition coefficient (Wildman–Crippen LogP) is 4.28. The van der Waals surface area contributed by atoms with E-state index in [0.717, 1.165) is 16.6 Å². The maximum Gasteiger partial charge on any atom is 3.00 e. The van der Waals surface area contributed by atoms with Crippen molar-refractivity contribution in [2.75, 3.05) is 0 Å². The average molecular weight is 475 g/mol. The van der Waals surface area contributed by atoms with E-state index in [0.29, 0.717) is 11.2 Å². The molecular weight excluding hydrogens is 465 g/mol. The summed E-state index contributed by atoms with van der Waals surface area (Å²) < 4.78 is 42.5. The molecule has 0 saturated heterocycles. The summed E-state index contributed by atoms with van der Waals surface area (Å²) in [6.07, 6.45) is 1.92. The van der Waals surface area contributed by atoms with E-state index in [1.807, 2.05) is 24.3 Å². The molecule has 10 heteroatoms. The number of carbonyl (C=O) groups is 1. The van der Waals surface area contributed by atoms with E-state index >= 15 is 0 Å². The quantitative estimate of drug-likeness (QED) is 0.245. The van der Waals surface area contributed by atoms with Gasteiger partial charge in [-0.3, -0.25) is 12.2 Å². The SMILES string of the molecule is O=C(OC1=[C-]c2[c-]c3nc(cc4ccc(cc5ccc(cc1n2)[nH]5)[nH]4)C=[C-]3)C(F)(F)F.[Fe+3]. The number of carbonyl (C=O) groups excluding carboxylic acids is 1. The minimum Gasteiger partial charge on any atom is -0.470 e. The third-order valence-corrected chi connectivity index (χ3v) is 4.33. The number of aromatic nitrogens is 4. The van der Waals surface area contributed by atoms with Crippen molar-refractivity contribution in [1.29, 1.82) is 0 Å². The Hall–Kier alpha value is -3.62. The summed E-state index contributed by atoms with van der Waals surface area (Å²) in [7, 11) is 0. The first-order valence-electron chi connectivity index (χ1n) is 8.95. The Morgan fingerprint density at radius 1 is 0.906 bits per heavy atom. The number of fused-ring (bicyclic) bond motifs is 8. The maximum absolute atomic E-state index is 12.7. The van der Waals surface area contributed by atoms with Crippen LogP contribution in [-0.2, 0) is 26.6 Å². The number of alkyl halides is 3. The molecule has 3 aromatic rings. The third kappa shape index (κ3) is 4.51. The summed E-state index contributed by atoms with van der Waals surface area (Å²) in [5.74, 6) is -2.82. The zero-order valence-electron chi connectivity index (χ0n) is 15.8. The smallest absolute Gasteiger partial charge is 0.470 e. The maximum atomic E-state index is 12.7. The van der Waals surface area contributed by atoms with E-state index in [4.69, 9.17) is 0 Å². The van der Waals surface area contributed by atoms with Crippen molar-refractivity contribution in [2.45, 2.75) is 6.18 Å². The van der Waals surface area contributed by atoms with Gasteiger partial charge >= 0.3 is 29.2 Å². The number of H-pyrrole nitrogens is 2. The summed E-state index contributed by atoms with van der Waals surface area (Å²) in [5.41, 5.74) is 3.86. The Balaban J connectivity index is 0.00000245. The molecule has 2 aliphatic heterocycles. The summed E-state index contributed by atoms with van der Waals surface area (Å²) >= 11 is 0. The zero-order chi connectivity index (χ0) is 21.6. The molecule has 0 fully saturated rings. The number of ether oxygens (including phenoxy) is 1. The summed E-state index contributed by atoms with van der Waals surface area (Å²) in [5, 5.41) is 0. The number of esters is 1. The number of aromatic amines is 2. The van der Waals surface area contributed by atoms with Gasteiger partial charge in [-0.2, -0.15) is 13.2 Å². The van der Waals surface area contributed by atoms with Gasteiger partial charge in [0, 0.05) is 22.1 Å². The van der Waals surface area contributed by atoms with Gasteiger partial charge in [-0.1, -0.05) is 5.76 Å². The molecule has 0 amide bonds. The molecule has 2 N–H and O–H groups in total. The minimum atomic E-state index is -5.15. The Labute approximate surface area is 189 Å². The van der Waals surface area contributed by atoms with Crippen LogP contribution in [0.5, 0.6) is 0 Å². The largest absolute Gasteiger partial charge is 3.00 e. The van der Waals surface area contributed by atoms with Gasteiger partial charge < -0.3 is 36.8 Å². The Kier molecular flexibility index (Phi) is 5.50. The van der Waals surface area contributed by atoms with Crippen LogP contribution in [0.2, 0.25) is 0 Å². The summed E-state index contributed by atoms with van der Waals surface area (Å²) in [4.78, 5) is 26.2. The molecule has 159 valence electrons. The molecule has 0 unspecified atom stereocenters. The Morgan fingerprint density at radius 2 is 1.53 bits per heavy atom. The van der Waals surface area contributed by atoms with E-state index in [1.165, 1.54) is 6.07 Å². The number of rotatable bonds is 1. The standard InChI is InChI=1S/C22H10F3N4O2.Fe/c23-22(24,25)21(30)31-20-11-18-9-16-4-3-14(27-16)7-12-1-2-13(26-12)8-15-5-6-17(28-15)10-19(20)29-18;/h1-3,5-8,10,26,28H;/q-3;+3. The van der Waals surface area contributed by atoms with Crippen LogP contribution in [0.3, 0.4) is 0 Å². The van der Waals surface area contributed by atoms with Gasteiger partial charge in [-0.05, 0) is 30.3 Å².